The molecule has 0 saturated carbocycles. The molecular formula is C67H71N3O. The quantitative estimate of drug-likeness (QED) is 0.165. The fourth-order valence-corrected chi connectivity index (χ4v) is 9.64. The number of aromatic hydroxyl groups is 1. The van der Waals surface area contributed by atoms with Gasteiger partial charge in [0.1, 0.15) is 11.6 Å². The number of phenols is 1. The molecule has 0 aliphatic carbocycles. The van der Waals surface area contributed by atoms with Crippen LogP contribution in [0.25, 0.3) is 83.9 Å². The molecule has 4 nitrogen and oxygen atoms in total. The second kappa shape index (κ2) is 18.3. The predicted octanol–water partition coefficient (Wildman–Crippen LogP) is 18.4. The van der Waals surface area contributed by atoms with E-state index in [0.717, 1.165) is 89.2 Å². The number of benzene rings is 7. The van der Waals surface area contributed by atoms with Crippen LogP contribution in [-0.2, 0) is 21.7 Å². The minimum Gasteiger partial charge on any atom is -0.507 e. The minimum atomic E-state index is -0.681. The van der Waals surface area contributed by atoms with Crippen LogP contribution >= 0.6 is 0 Å². The van der Waals surface area contributed by atoms with E-state index in [2.05, 4.69) is 245 Å². The van der Waals surface area contributed by atoms with Crippen molar-refractivity contribution in [1.29, 1.82) is 0 Å². The smallest absolute Gasteiger partial charge is 0.149 e. The molecule has 0 saturated heterocycles. The molecular weight excluding hydrogens is 863 g/mol. The lowest BCUT2D eigenvalue weighted by molar-refractivity contribution is 0.446. The van der Waals surface area contributed by atoms with Gasteiger partial charge in [-0.15, -0.1) is 0 Å². The van der Waals surface area contributed by atoms with Crippen molar-refractivity contribution in [2.24, 2.45) is 0 Å². The zero-order valence-electron chi connectivity index (χ0n) is 45.4. The lowest BCUT2D eigenvalue weighted by Crippen LogP contribution is -2.17. The molecule has 1 N–H and O–H groups in total. The number of pyridine rings is 1. The maximum Gasteiger partial charge on any atom is 0.149 e. The van der Waals surface area contributed by atoms with Crippen LogP contribution in [0, 0.1) is 0 Å². The van der Waals surface area contributed by atoms with Crippen LogP contribution in [-0.4, -0.2) is 19.6 Å². The summed E-state index contributed by atoms with van der Waals surface area (Å²) in [6.45, 7) is 30.6. The first-order valence-electron chi connectivity index (χ1n) is 25.7. The molecule has 0 spiro atoms. The highest BCUT2D eigenvalue weighted by atomic mass is 16.3. The molecule has 0 bridgehead atoms. The van der Waals surface area contributed by atoms with Gasteiger partial charge in [-0.3, -0.25) is 9.55 Å². The van der Waals surface area contributed by atoms with E-state index in [4.69, 9.17) is 11.3 Å². The molecule has 0 amide bonds. The molecule has 0 fully saturated rings. The topological polar surface area (TPSA) is 50.9 Å². The Bertz CT molecular complexity index is 3450. The highest BCUT2D eigenvalue weighted by Crippen LogP contribution is 2.46. The molecule has 7 aromatic carbocycles. The van der Waals surface area contributed by atoms with Gasteiger partial charge in [-0.05, 0) is 138 Å². The lowest BCUT2D eigenvalue weighted by Gasteiger charge is -2.28. The summed E-state index contributed by atoms with van der Waals surface area (Å²) in [7, 11) is 0. The van der Waals surface area contributed by atoms with Gasteiger partial charge >= 0.3 is 0 Å². The maximum atomic E-state index is 12.7. The molecule has 0 aliphatic heterocycles. The maximum absolute atomic E-state index is 12.7. The van der Waals surface area contributed by atoms with E-state index in [0.29, 0.717) is 11.4 Å². The van der Waals surface area contributed by atoms with Crippen LogP contribution < -0.4 is 0 Å². The SMILES string of the molecule is [2H]C(C)(C)c1ccc(-c2ccnc(-c3cc(-c4ccccc4)cc(-c4cccc5c4nc(-c4cc(C(C)(C)C)cc(C(C)(C)C)c4O)n5-c4ccc(C(C)(C)C)cc4-c4ccc(C(C)(C)C)cc4)c3)c2)cc1. The molecule has 9 rings (SSSR count). The average Bonchev–Trinajstić information content (AvgIpc) is 3.72. The molecule has 2 aromatic heterocycles. The lowest BCUT2D eigenvalue weighted by atomic mass is 9.79. The zero-order chi connectivity index (χ0) is 51.7. The first-order valence-corrected chi connectivity index (χ1v) is 25.2. The third kappa shape index (κ3) is 9.87. The van der Waals surface area contributed by atoms with Crippen molar-refractivity contribution in [2.45, 2.75) is 124 Å². The van der Waals surface area contributed by atoms with E-state index in [1.165, 1.54) is 11.1 Å². The molecule has 0 unspecified atom stereocenters. The Morgan fingerprint density at radius 3 is 1.69 bits per heavy atom. The highest BCUT2D eigenvalue weighted by Gasteiger charge is 2.30. The van der Waals surface area contributed by atoms with Crippen molar-refractivity contribution in [1.82, 2.24) is 14.5 Å². The number of hydrogen-bond donors (Lipinski definition) is 1. The van der Waals surface area contributed by atoms with E-state index in [1.807, 2.05) is 20.0 Å². The number of rotatable bonds is 8. The number of hydrogen-bond acceptors (Lipinski definition) is 3. The van der Waals surface area contributed by atoms with E-state index in [-0.39, 0.29) is 27.4 Å². The Kier molecular flexibility index (Phi) is 12.3. The number of nitrogens with zero attached hydrogens (tertiary/aromatic N) is 3. The third-order valence-electron chi connectivity index (χ3n) is 14.1. The van der Waals surface area contributed by atoms with Crippen molar-refractivity contribution in [3.63, 3.8) is 0 Å². The van der Waals surface area contributed by atoms with Crippen LogP contribution in [0.3, 0.4) is 0 Å². The van der Waals surface area contributed by atoms with Gasteiger partial charge in [0.25, 0.3) is 0 Å². The van der Waals surface area contributed by atoms with Gasteiger partial charge in [0.05, 0.1) is 28.0 Å². The fraction of sp³-hybridized carbons (Fsp3) is 0.284. The monoisotopic (exact) mass is 935 g/mol. The first-order chi connectivity index (χ1) is 33.8. The van der Waals surface area contributed by atoms with Crippen LogP contribution in [0.5, 0.6) is 5.75 Å². The predicted molar refractivity (Wildman–Crippen MR) is 302 cm³/mol. The Hall–Kier alpha value is -7.04. The van der Waals surface area contributed by atoms with Gasteiger partial charge in [0, 0.05) is 29.8 Å². The van der Waals surface area contributed by atoms with Gasteiger partial charge in [-0.2, -0.15) is 0 Å². The minimum absolute atomic E-state index is 0.00228. The summed E-state index contributed by atoms with van der Waals surface area (Å²) >= 11 is 0. The molecule has 0 radical (unpaired) electrons. The third-order valence-corrected chi connectivity index (χ3v) is 14.1. The summed E-state index contributed by atoms with van der Waals surface area (Å²) in [4.78, 5) is 10.7. The Balaban J connectivity index is 1.34. The number of aromatic nitrogens is 3. The van der Waals surface area contributed by atoms with E-state index < -0.39 is 5.89 Å². The van der Waals surface area contributed by atoms with Crippen molar-refractivity contribution in [2.75, 3.05) is 0 Å². The Morgan fingerprint density at radius 1 is 0.465 bits per heavy atom. The van der Waals surface area contributed by atoms with E-state index >= 15 is 0 Å². The summed E-state index contributed by atoms with van der Waals surface area (Å²) in [6, 6.07) is 56.6. The van der Waals surface area contributed by atoms with Gasteiger partial charge < -0.3 is 5.11 Å². The highest BCUT2D eigenvalue weighted by molar-refractivity contribution is 5.98. The molecule has 360 valence electrons. The summed E-state index contributed by atoms with van der Waals surface area (Å²) in [5.74, 6) is 0.240. The van der Waals surface area contributed by atoms with Gasteiger partial charge in [-0.25, -0.2) is 4.98 Å². The number of imidazole rings is 1. The zero-order valence-corrected chi connectivity index (χ0v) is 44.4. The van der Waals surface area contributed by atoms with E-state index in [1.54, 1.807) is 0 Å². The standard InChI is InChI=1S/C67H71N3O/c1-42(2)43-23-25-45(26-24-43)47-33-34-68-58(38-47)50-36-48(44-19-16-15-17-20-44)35-49(37-50)54-21-18-22-60-61(54)69-63(56-40-53(66(9,10)11)41-57(62(56)71)67(12,13)14)70(60)59-32-31-52(65(6,7)8)39-55(59)46-27-29-51(30-28-46)64(3,4)5/h15-42,71H,1-14H3/i42D. The van der Waals surface area contributed by atoms with E-state index in [9.17, 15) is 5.11 Å². The van der Waals surface area contributed by atoms with Crippen molar-refractivity contribution < 1.29 is 6.48 Å². The van der Waals surface area contributed by atoms with Crippen molar-refractivity contribution in [3.05, 3.63) is 192 Å². The van der Waals surface area contributed by atoms with Gasteiger partial charge in [0.15, 0.2) is 0 Å². The summed E-state index contributed by atoms with van der Waals surface area (Å²) in [5, 5.41) is 12.7. The molecule has 2 heterocycles. The average molecular weight is 935 g/mol. The van der Waals surface area contributed by atoms with Crippen LogP contribution in [0.15, 0.2) is 164 Å². The van der Waals surface area contributed by atoms with Crippen LogP contribution in [0.4, 0.5) is 0 Å². The molecule has 9 aromatic rings. The number of fused-ring (bicyclic) bond motifs is 1. The largest absolute Gasteiger partial charge is 0.507 e. The van der Waals surface area contributed by atoms with Crippen molar-refractivity contribution in [3.8, 4) is 78.6 Å². The molecule has 71 heavy (non-hydrogen) atoms. The molecule has 0 atom stereocenters. The van der Waals surface area contributed by atoms with Gasteiger partial charge in [-0.1, -0.05) is 200 Å². The second-order valence-electron chi connectivity index (χ2n) is 23.8. The Morgan fingerprint density at radius 2 is 1.06 bits per heavy atom. The molecule has 0 aliphatic rings. The normalized spacial score (nSPS) is 12.9. The second-order valence-corrected chi connectivity index (χ2v) is 23.8. The van der Waals surface area contributed by atoms with Crippen LogP contribution in [0.1, 0.15) is 132 Å². The summed E-state index contributed by atoms with van der Waals surface area (Å²) < 4.78 is 10.9. The first kappa shape index (κ1) is 47.6. The number of phenolic OH excluding ortho intramolecular Hbond substituents is 1. The fourth-order valence-electron chi connectivity index (χ4n) is 9.64. The number of para-hydroxylation sites is 1. The Labute approximate surface area is 425 Å². The molecule has 4 heteroatoms. The van der Waals surface area contributed by atoms with Gasteiger partial charge in [0.2, 0.25) is 0 Å². The summed E-state index contributed by atoms with van der Waals surface area (Å²) in [5.41, 5.74) is 18.6. The van der Waals surface area contributed by atoms with Crippen LogP contribution in [0.2, 0.25) is 0 Å². The summed E-state index contributed by atoms with van der Waals surface area (Å²) in [6.07, 6.45) is 1.89. The van der Waals surface area contributed by atoms with Crippen molar-refractivity contribution >= 4 is 11.0 Å².